The first-order valence-electron chi connectivity index (χ1n) is 7.66. The van der Waals surface area contributed by atoms with Crippen LogP contribution < -0.4 is 9.47 Å². The summed E-state index contributed by atoms with van der Waals surface area (Å²) in [6.45, 7) is 1.67. The van der Waals surface area contributed by atoms with Gasteiger partial charge >= 0.3 is 0 Å². The van der Waals surface area contributed by atoms with E-state index in [2.05, 4.69) is 9.97 Å². The van der Waals surface area contributed by atoms with Crippen molar-refractivity contribution in [2.75, 3.05) is 20.2 Å². The van der Waals surface area contributed by atoms with E-state index in [9.17, 15) is 4.79 Å². The molecule has 3 heterocycles. The molecule has 1 fully saturated rings. The van der Waals surface area contributed by atoms with Gasteiger partial charge in [0.15, 0.2) is 0 Å². The van der Waals surface area contributed by atoms with Gasteiger partial charge in [0.1, 0.15) is 12.6 Å². The molecule has 1 amide bonds. The number of likely N-dealkylation sites (tertiary alicyclic amines) is 1. The molecule has 122 valence electrons. The molecule has 0 aliphatic carbocycles. The predicted octanol–water partition coefficient (Wildman–Crippen LogP) is 1.36. The summed E-state index contributed by atoms with van der Waals surface area (Å²) in [5.41, 5.74) is 0. The Labute approximate surface area is 134 Å². The first-order chi connectivity index (χ1) is 11.3. The average Bonchev–Trinajstić information content (AvgIpc) is 3.08. The number of rotatable bonds is 5. The van der Waals surface area contributed by atoms with Crippen LogP contribution in [-0.2, 0) is 11.3 Å². The Balaban J connectivity index is 1.60. The SMILES string of the molecule is COc1nccnc1OC1CCCN(C(=O)Cn2cccc2)C1. The number of nitrogens with zero attached hydrogens (tertiary/aromatic N) is 4. The maximum absolute atomic E-state index is 12.4. The number of ether oxygens (including phenoxy) is 2. The van der Waals surface area contributed by atoms with Crippen molar-refractivity contribution in [3.8, 4) is 11.8 Å². The summed E-state index contributed by atoms with van der Waals surface area (Å²) in [7, 11) is 1.53. The summed E-state index contributed by atoms with van der Waals surface area (Å²) in [6, 6.07) is 3.82. The number of piperidine rings is 1. The molecule has 23 heavy (non-hydrogen) atoms. The second kappa shape index (κ2) is 7.13. The van der Waals surface area contributed by atoms with Crippen molar-refractivity contribution in [3.63, 3.8) is 0 Å². The lowest BCUT2D eigenvalue weighted by molar-refractivity contribution is -0.134. The molecule has 0 spiro atoms. The van der Waals surface area contributed by atoms with Crippen LogP contribution >= 0.6 is 0 Å². The molecular weight excluding hydrogens is 296 g/mol. The molecule has 1 atom stereocenters. The Morgan fingerprint density at radius 2 is 2.00 bits per heavy atom. The fraction of sp³-hybridized carbons (Fsp3) is 0.438. The smallest absolute Gasteiger partial charge is 0.278 e. The Morgan fingerprint density at radius 3 is 2.74 bits per heavy atom. The van der Waals surface area contributed by atoms with Crippen molar-refractivity contribution >= 4 is 5.91 Å². The minimum absolute atomic E-state index is 0.0945. The number of methoxy groups -OCH3 is 1. The van der Waals surface area contributed by atoms with Crippen LogP contribution in [0.2, 0.25) is 0 Å². The fourth-order valence-electron chi connectivity index (χ4n) is 2.68. The van der Waals surface area contributed by atoms with Gasteiger partial charge < -0.3 is 18.9 Å². The molecule has 0 saturated carbocycles. The van der Waals surface area contributed by atoms with Gasteiger partial charge in [-0.1, -0.05) is 0 Å². The van der Waals surface area contributed by atoms with Gasteiger partial charge in [0, 0.05) is 31.3 Å². The van der Waals surface area contributed by atoms with Gasteiger partial charge in [-0.15, -0.1) is 0 Å². The molecule has 0 bridgehead atoms. The largest absolute Gasteiger partial charge is 0.477 e. The normalized spacial score (nSPS) is 17.8. The Morgan fingerprint density at radius 1 is 1.26 bits per heavy atom. The van der Waals surface area contributed by atoms with Crippen LogP contribution in [-0.4, -0.2) is 51.6 Å². The quantitative estimate of drug-likeness (QED) is 0.833. The standard InChI is InChI=1S/C16H20N4O3/c1-22-15-16(18-7-6-17-15)23-13-5-4-10-20(11-13)14(21)12-19-8-2-3-9-19/h2-3,6-9,13H,4-5,10-12H2,1H3. The first kappa shape index (κ1) is 15.3. The number of hydrogen-bond donors (Lipinski definition) is 0. The lowest BCUT2D eigenvalue weighted by atomic mass is 10.1. The lowest BCUT2D eigenvalue weighted by Gasteiger charge is -2.32. The summed E-state index contributed by atoms with van der Waals surface area (Å²) in [5.74, 6) is 0.837. The number of aromatic nitrogens is 3. The van der Waals surface area contributed by atoms with Gasteiger partial charge in [-0.3, -0.25) is 4.79 Å². The van der Waals surface area contributed by atoms with E-state index in [4.69, 9.17) is 9.47 Å². The Bertz CT molecular complexity index is 645. The van der Waals surface area contributed by atoms with Crippen molar-refractivity contribution in [3.05, 3.63) is 36.9 Å². The maximum Gasteiger partial charge on any atom is 0.278 e. The van der Waals surface area contributed by atoms with Crippen LogP contribution in [0, 0.1) is 0 Å². The third-order valence-corrected chi connectivity index (χ3v) is 3.82. The molecule has 0 N–H and O–H groups in total. The van der Waals surface area contributed by atoms with Crippen molar-refractivity contribution in [2.24, 2.45) is 0 Å². The van der Waals surface area contributed by atoms with E-state index in [1.807, 2.05) is 34.0 Å². The molecule has 0 aromatic carbocycles. The van der Waals surface area contributed by atoms with E-state index >= 15 is 0 Å². The Hall–Kier alpha value is -2.57. The van der Waals surface area contributed by atoms with Gasteiger partial charge in [0.05, 0.1) is 13.7 Å². The maximum atomic E-state index is 12.4. The molecule has 3 rings (SSSR count). The van der Waals surface area contributed by atoms with Crippen molar-refractivity contribution < 1.29 is 14.3 Å². The van der Waals surface area contributed by atoms with E-state index in [-0.39, 0.29) is 12.0 Å². The van der Waals surface area contributed by atoms with E-state index in [1.54, 1.807) is 12.4 Å². The predicted molar refractivity (Wildman–Crippen MR) is 83.2 cm³/mol. The van der Waals surface area contributed by atoms with E-state index in [0.717, 1.165) is 19.4 Å². The van der Waals surface area contributed by atoms with E-state index in [0.29, 0.717) is 24.8 Å². The van der Waals surface area contributed by atoms with Gasteiger partial charge in [0.2, 0.25) is 5.91 Å². The van der Waals surface area contributed by atoms with Crippen molar-refractivity contribution in [1.29, 1.82) is 0 Å². The van der Waals surface area contributed by atoms with Gasteiger partial charge in [-0.25, -0.2) is 9.97 Å². The van der Waals surface area contributed by atoms with Crippen molar-refractivity contribution in [2.45, 2.75) is 25.5 Å². The molecule has 7 heteroatoms. The summed E-state index contributed by atoms with van der Waals surface area (Å²) >= 11 is 0. The second-order valence-corrected chi connectivity index (χ2v) is 5.45. The molecule has 0 radical (unpaired) electrons. The second-order valence-electron chi connectivity index (χ2n) is 5.45. The zero-order chi connectivity index (χ0) is 16.1. The minimum Gasteiger partial charge on any atom is -0.477 e. The highest BCUT2D eigenvalue weighted by Crippen LogP contribution is 2.23. The van der Waals surface area contributed by atoms with Crippen LogP contribution in [0.3, 0.4) is 0 Å². The number of hydrogen-bond acceptors (Lipinski definition) is 5. The molecule has 1 saturated heterocycles. The summed E-state index contributed by atoms with van der Waals surface area (Å²) in [4.78, 5) is 22.5. The fourth-order valence-corrected chi connectivity index (χ4v) is 2.68. The summed E-state index contributed by atoms with van der Waals surface area (Å²) in [5, 5.41) is 0. The third kappa shape index (κ3) is 3.80. The lowest BCUT2D eigenvalue weighted by Crippen LogP contribution is -2.45. The highest BCUT2D eigenvalue weighted by molar-refractivity contribution is 5.76. The molecule has 1 unspecified atom stereocenters. The van der Waals surface area contributed by atoms with Crippen LogP contribution in [0.1, 0.15) is 12.8 Å². The molecule has 7 nitrogen and oxygen atoms in total. The van der Waals surface area contributed by atoms with E-state index < -0.39 is 0 Å². The van der Waals surface area contributed by atoms with Gasteiger partial charge in [-0.2, -0.15) is 0 Å². The monoisotopic (exact) mass is 316 g/mol. The Kier molecular flexibility index (Phi) is 4.75. The van der Waals surface area contributed by atoms with Crippen LogP contribution in [0.4, 0.5) is 0 Å². The van der Waals surface area contributed by atoms with E-state index in [1.165, 1.54) is 7.11 Å². The zero-order valence-electron chi connectivity index (χ0n) is 13.1. The summed E-state index contributed by atoms with van der Waals surface area (Å²) in [6.07, 6.45) is 8.59. The molecule has 1 aliphatic rings. The number of amides is 1. The topological polar surface area (TPSA) is 69.5 Å². The molecule has 2 aromatic heterocycles. The highest BCUT2D eigenvalue weighted by Gasteiger charge is 2.26. The average molecular weight is 316 g/mol. The van der Waals surface area contributed by atoms with Crippen LogP contribution in [0.5, 0.6) is 11.8 Å². The molecule has 1 aliphatic heterocycles. The first-order valence-corrected chi connectivity index (χ1v) is 7.66. The molecular formula is C16H20N4O3. The zero-order valence-corrected chi connectivity index (χ0v) is 13.1. The number of carbonyl (C=O) groups excluding carboxylic acids is 1. The third-order valence-electron chi connectivity index (χ3n) is 3.82. The van der Waals surface area contributed by atoms with Gasteiger partial charge in [-0.05, 0) is 25.0 Å². The van der Waals surface area contributed by atoms with Crippen LogP contribution in [0.25, 0.3) is 0 Å². The molecule has 2 aromatic rings. The van der Waals surface area contributed by atoms with Crippen LogP contribution in [0.15, 0.2) is 36.9 Å². The minimum atomic E-state index is -0.0945. The van der Waals surface area contributed by atoms with Crippen molar-refractivity contribution in [1.82, 2.24) is 19.4 Å². The number of carbonyl (C=O) groups is 1. The highest BCUT2D eigenvalue weighted by atomic mass is 16.5. The summed E-state index contributed by atoms with van der Waals surface area (Å²) < 4.78 is 12.9. The van der Waals surface area contributed by atoms with Gasteiger partial charge in [0.25, 0.3) is 11.8 Å².